The van der Waals surface area contributed by atoms with Gasteiger partial charge >= 0.3 is 0 Å². The summed E-state index contributed by atoms with van der Waals surface area (Å²) in [6, 6.07) is 5.67. The molecule has 2 aromatic rings. The van der Waals surface area contributed by atoms with Crippen LogP contribution in [-0.4, -0.2) is 50.9 Å². The molecule has 0 spiro atoms. The molecule has 1 saturated heterocycles. The third-order valence-corrected chi connectivity index (χ3v) is 6.61. The van der Waals surface area contributed by atoms with E-state index in [0.717, 1.165) is 41.8 Å². The third-order valence-electron chi connectivity index (χ3n) is 6.61. The predicted molar refractivity (Wildman–Crippen MR) is 153 cm³/mol. The van der Waals surface area contributed by atoms with Gasteiger partial charge in [0.05, 0.1) is 24.5 Å². The van der Waals surface area contributed by atoms with Gasteiger partial charge in [-0.05, 0) is 89.9 Å². The average molecular weight is 505 g/mol. The molecule has 2 N–H and O–H groups in total. The first-order chi connectivity index (χ1) is 17.4. The molecule has 198 valence electrons. The van der Waals surface area contributed by atoms with E-state index in [1.54, 1.807) is 19.3 Å². The van der Waals surface area contributed by atoms with Gasteiger partial charge in [-0.3, -0.25) is 4.99 Å². The minimum absolute atomic E-state index is 0.00508. The Morgan fingerprint density at radius 2 is 1.95 bits per heavy atom. The Morgan fingerprint density at radius 1 is 1.27 bits per heavy atom. The Labute approximate surface area is 220 Å². The number of methoxy groups -OCH3 is 1. The molecule has 1 fully saturated rings. The fraction of sp³-hybridized carbons (Fsp3) is 0.448. The van der Waals surface area contributed by atoms with Crippen molar-refractivity contribution in [3.05, 3.63) is 59.6 Å². The number of nitrogens with one attached hydrogen (secondary N) is 1. The lowest BCUT2D eigenvalue weighted by atomic mass is 9.79. The Hall–Kier alpha value is -3.52. The van der Waals surface area contributed by atoms with Gasteiger partial charge in [-0.2, -0.15) is 0 Å². The Balaban J connectivity index is 1.96. The molecule has 0 bridgehead atoms. The molecule has 8 nitrogen and oxygen atoms in total. The first-order valence-corrected chi connectivity index (χ1v) is 12.6. The minimum atomic E-state index is -0.00508. The maximum atomic E-state index is 10.9. The van der Waals surface area contributed by atoms with Crippen LogP contribution in [0.3, 0.4) is 0 Å². The maximum absolute atomic E-state index is 10.9. The monoisotopic (exact) mass is 504 g/mol. The summed E-state index contributed by atoms with van der Waals surface area (Å²) >= 11 is 0. The summed E-state index contributed by atoms with van der Waals surface area (Å²) in [6.07, 6.45) is 7.75. The molecule has 0 saturated carbocycles. The highest BCUT2D eigenvalue weighted by atomic mass is 16.5. The fourth-order valence-electron chi connectivity index (χ4n) is 5.35. The van der Waals surface area contributed by atoms with E-state index in [0.29, 0.717) is 17.2 Å². The lowest BCUT2D eigenvalue weighted by Gasteiger charge is -2.46. The van der Waals surface area contributed by atoms with E-state index in [4.69, 9.17) is 4.74 Å². The van der Waals surface area contributed by atoms with Gasteiger partial charge in [0.25, 0.3) is 0 Å². The molecule has 1 aliphatic heterocycles. The number of phenolic OH excluding ortho intramolecular Hbond substituents is 1. The number of hydrogen-bond acceptors (Lipinski definition) is 7. The van der Waals surface area contributed by atoms with E-state index in [9.17, 15) is 5.11 Å². The highest BCUT2D eigenvalue weighted by Gasteiger charge is 2.39. The second kappa shape index (κ2) is 11.3. The third kappa shape index (κ3) is 6.63. The zero-order valence-electron chi connectivity index (χ0n) is 23.2. The standard InChI is InChI=1S/C29H40N6O2/c1-10-25-24(32-34-35(25)21-17-28(4,5)33-29(6,7)18-21)16-23(30-8)22-13-12-20(15-26(22)36)19(3)14-27(37-9)31-11-2/h11-16,21,33,36H,2,8,10,17-18H2,1,3-7,9H3/b19-14+,23-16-,31-27?. The van der Waals surface area contributed by atoms with Crippen LogP contribution in [0.15, 0.2) is 47.0 Å². The van der Waals surface area contributed by atoms with Crippen molar-refractivity contribution in [3.8, 4) is 5.75 Å². The zero-order valence-corrected chi connectivity index (χ0v) is 23.2. The number of phenols is 1. The van der Waals surface area contributed by atoms with Crippen molar-refractivity contribution in [1.29, 1.82) is 0 Å². The quantitative estimate of drug-likeness (QED) is 0.349. The van der Waals surface area contributed by atoms with Crippen molar-refractivity contribution in [2.45, 2.75) is 77.9 Å². The number of benzene rings is 1. The molecule has 0 radical (unpaired) electrons. The lowest BCUT2D eigenvalue weighted by Crippen LogP contribution is -2.58. The SMILES string of the molecule is C=CN=C(/C=C(\C)c1ccc(/C(=C/c2nnn(C3CC(C)(C)NC(C)(C)C3)c2CC)N=C)c(O)c1)OC. The normalized spacial score (nSPS) is 18.5. The van der Waals surface area contributed by atoms with Crippen LogP contribution in [0.25, 0.3) is 17.3 Å². The van der Waals surface area contributed by atoms with Crippen LogP contribution in [-0.2, 0) is 11.2 Å². The molecule has 8 heteroatoms. The summed E-state index contributed by atoms with van der Waals surface area (Å²) in [6.45, 7) is 20.3. The first kappa shape index (κ1) is 28.1. The van der Waals surface area contributed by atoms with Gasteiger partial charge in [0.15, 0.2) is 0 Å². The second-order valence-corrected chi connectivity index (χ2v) is 10.8. The number of allylic oxidation sites excluding steroid dienone is 1. The van der Waals surface area contributed by atoms with E-state index in [1.807, 2.05) is 25.1 Å². The van der Waals surface area contributed by atoms with E-state index in [1.165, 1.54) is 6.20 Å². The Kier molecular flexibility index (Phi) is 8.53. The van der Waals surface area contributed by atoms with Gasteiger partial charge in [0.2, 0.25) is 5.90 Å². The van der Waals surface area contributed by atoms with Gasteiger partial charge in [-0.1, -0.05) is 24.8 Å². The molecule has 0 atom stereocenters. The Morgan fingerprint density at radius 3 is 2.49 bits per heavy atom. The molecule has 1 aliphatic rings. The van der Waals surface area contributed by atoms with E-state index < -0.39 is 0 Å². The van der Waals surface area contributed by atoms with Gasteiger partial charge in [0, 0.05) is 28.9 Å². The van der Waals surface area contributed by atoms with Gasteiger partial charge < -0.3 is 15.2 Å². The minimum Gasteiger partial charge on any atom is -0.507 e. The molecule has 0 unspecified atom stereocenters. The van der Waals surface area contributed by atoms with Gasteiger partial charge in [0.1, 0.15) is 11.4 Å². The zero-order chi connectivity index (χ0) is 27.4. The molecular formula is C29H40N6O2. The molecule has 37 heavy (non-hydrogen) atoms. The molecule has 1 aromatic carbocycles. The van der Waals surface area contributed by atoms with Crippen molar-refractivity contribution in [2.24, 2.45) is 9.98 Å². The Bertz CT molecular complexity index is 1230. The lowest BCUT2D eigenvalue weighted by molar-refractivity contribution is 0.123. The number of aliphatic imine (C=N–C) groups is 2. The summed E-state index contributed by atoms with van der Waals surface area (Å²) in [5.74, 6) is 0.524. The number of hydrogen-bond donors (Lipinski definition) is 2. The smallest absolute Gasteiger partial charge is 0.213 e. The summed E-state index contributed by atoms with van der Waals surface area (Å²) in [4.78, 5) is 8.29. The highest BCUT2D eigenvalue weighted by molar-refractivity contribution is 5.95. The average Bonchev–Trinajstić information content (AvgIpc) is 3.23. The molecule has 1 aromatic heterocycles. The van der Waals surface area contributed by atoms with E-state index >= 15 is 0 Å². The highest BCUT2D eigenvalue weighted by Crippen LogP contribution is 2.37. The second-order valence-electron chi connectivity index (χ2n) is 10.8. The van der Waals surface area contributed by atoms with Crippen molar-refractivity contribution < 1.29 is 9.84 Å². The van der Waals surface area contributed by atoms with Gasteiger partial charge in [-0.15, -0.1) is 5.10 Å². The number of piperidine rings is 1. The summed E-state index contributed by atoms with van der Waals surface area (Å²) in [7, 11) is 1.55. The van der Waals surface area contributed by atoms with Crippen LogP contribution >= 0.6 is 0 Å². The fourth-order valence-corrected chi connectivity index (χ4v) is 5.35. The first-order valence-electron chi connectivity index (χ1n) is 12.6. The summed E-state index contributed by atoms with van der Waals surface area (Å²) in [5, 5.41) is 23.7. The number of aromatic hydroxyl groups is 1. The van der Waals surface area contributed by atoms with Gasteiger partial charge in [-0.25, -0.2) is 9.67 Å². The molecule has 3 rings (SSSR count). The van der Waals surface area contributed by atoms with Crippen molar-refractivity contribution in [2.75, 3.05) is 7.11 Å². The maximum Gasteiger partial charge on any atom is 0.213 e. The van der Waals surface area contributed by atoms with Crippen LogP contribution < -0.4 is 5.32 Å². The summed E-state index contributed by atoms with van der Waals surface area (Å²) < 4.78 is 7.31. The topological polar surface area (TPSA) is 96.9 Å². The number of rotatable bonds is 8. The van der Waals surface area contributed by atoms with Crippen LogP contribution in [0, 0.1) is 0 Å². The molecular weight excluding hydrogens is 464 g/mol. The van der Waals surface area contributed by atoms with E-state index in [-0.39, 0.29) is 22.9 Å². The number of ether oxygens (including phenoxy) is 1. The predicted octanol–water partition coefficient (Wildman–Crippen LogP) is 5.82. The van der Waals surface area contributed by atoms with Crippen LogP contribution in [0.4, 0.5) is 0 Å². The van der Waals surface area contributed by atoms with Crippen LogP contribution in [0.1, 0.15) is 82.9 Å². The molecule has 0 amide bonds. The van der Waals surface area contributed by atoms with Crippen molar-refractivity contribution in [1.82, 2.24) is 20.3 Å². The number of aromatic nitrogens is 3. The van der Waals surface area contributed by atoms with Crippen LogP contribution in [0.5, 0.6) is 5.75 Å². The summed E-state index contributed by atoms with van der Waals surface area (Å²) in [5.41, 5.74) is 4.58. The largest absolute Gasteiger partial charge is 0.507 e. The molecule has 2 heterocycles. The van der Waals surface area contributed by atoms with Crippen LogP contribution in [0.2, 0.25) is 0 Å². The van der Waals surface area contributed by atoms with Crippen molar-refractivity contribution >= 4 is 30.0 Å². The molecule has 0 aliphatic carbocycles. The number of nitrogens with zero attached hydrogens (tertiary/aromatic N) is 5. The van der Waals surface area contributed by atoms with Crippen molar-refractivity contribution in [3.63, 3.8) is 0 Å². The van der Waals surface area contributed by atoms with E-state index in [2.05, 4.69) is 78.2 Å².